The fourth-order valence-electron chi connectivity index (χ4n) is 2.57. The molecule has 1 heterocycles. The number of rotatable bonds is 5. The van der Waals surface area contributed by atoms with Crippen LogP contribution in [-0.4, -0.2) is 34.0 Å². The SMILES string of the molecule is CCN(CC)C(=O)c1ccccc1-c1nc(-c2ccccc2)no1. The zero-order chi connectivity index (χ0) is 16.9. The Labute approximate surface area is 140 Å². The Hall–Kier alpha value is -2.95. The van der Waals surface area contributed by atoms with E-state index in [4.69, 9.17) is 4.52 Å². The smallest absolute Gasteiger partial charge is 0.259 e. The monoisotopic (exact) mass is 321 g/mol. The van der Waals surface area contributed by atoms with Gasteiger partial charge in [0.15, 0.2) is 0 Å². The van der Waals surface area contributed by atoms with Crippen LogP contribution in [0.4, 0.5) is 0 Å². The molecule has 0 spiro atoms. The lowest BCUT2D eigenvalue weighted by atomic mass is 10.1. The number of benzene rings is 2. The summed E-state index contributed by atoms with van der Waals surface area (Å²) >= 11 is 0. The van der Waals surface area contributed by atoms with Gasteiger partial charge >= 0.3 is 0 Å². The summed E-state index contributed by atoms with van der Waals surface area (Å²) in [5.74, 6) is 0.829. The van der Waals surface area contributed by atoms with Crippen molar-refractivity contribution in [3.63, 3.8) is 0 Å². The molecule has 0 aliphatic carbocycles. The zero-order valence-electron chi connectivity index (χ0n) is 13.8. The number of carbonyl (C=O) groups excluding carboxylic acids is 1. The molecule has 1 aromatic heterocycles. The number of nitrogens with zero attached hydrogens (tertiary/aromatic N) is 3. The summed E-state index contributed by atoms with van der Waals surface area (Å²) in [4.78, 5) is 18.9. The molecule has 3 rings (SSSR count). The molecular weight excluding hydrogens is 302 g/mol. The average Bonchev–Trinajstić information content (AvgIpc) is 3.13. The van der Waals surface area contributed by atoms with Crippen molar-refractivity contribution in [2.75, 3.05) is 13.1 Å². The Kier molecular flexibility index (Phi) is 4.70. The molecular formula is C19H19N3O2. The van der Waals surface area contributed by atoms with Gasteiger partial charge in [-0.3, -0.25) is 4.79 Å². The van der Waals surface area contributed by atoms with Crippen molar-refractivity contribution >= 4 is 5.91 Å². The van der Waals surface area contributed by atoms with Gasteiger partial charge in [-0.25, -0.2) is 0 Å². The number of hydrogen-bond acceptors (Lipinski definition) is 4. The number of aromatic nitrogens is 2. The van der Waals surface area contributed by atoms with Gasteiger partial charge in [-0.2, -0.15) is 4.98 Å². The minimum absolute atomic E-state index is 0.0324. The summed E-state index contributed by atoms with van der Waals surface area (Å²) < 4.78 is 5.41. The molecule has 2 aromatic carbocycles. The fourth-order valence-corrected chi connectivity index (χ4v) is 2.57. The van der Waals surface area contributed by atoms with Crippen molar-refractivity contribution in [3.8, 4) is 22.8 Å². The molecule has 0 radical (unpaired) electrons. The molecule has 0 N–H and O–H groups in total. The highest BCUT2D eigenvalue weighted by Gasteiger charge is 2.20. The van der Waals surface area contributed by atoms with Crippen molar-refractivity contribution in [1.82, 2.24) is 15.0 Å². The Morgan fingerprint density at radius 3 is 2.38 bits per heavy atom. The molecule has 3 aromatic rings. The predicted octanol–water partition coefficient (Wildman–Crippen LogP) is 3.89. The summed E-state index contributed by atoms with van der Waals surface area (Å²) in [6.45, 7) is 5.24. The maximum atomic E-state index is 12.7. The highest BCUT2D eigenvalue weighted by molar-refractivity contribution is 6.00. The molecule has 0 saturated heterocycles. The second-order valence-electron chi connectivity index (χ2n) is 5.31. The Balaban J connectivity index is 1.99. The van der Waals surface area contributed by atoms with Crippen LogP contribution < -0.4 is 0 Å². The Bertz CT molecular complexity index is 823. The molecule has 0 aliphatic heterocycles. The summed E-state index contributed by atoms with van der Waals surface area (Å²) in [5.41, 5.74) is 2.11. The Morgan fingerprint density at radius 1 is 1.00 bits per heavy atom. The van der Waals surface area contributed by atoms with Crippen LogP contribution in [0, 0.1) is 0 Å². The molecule has 0 saturated carbocycles. The van der Waals surface area contributed by atoms with E-state index in [1.807, 2.05) is 62.4 Å². The normalized spacial score (nSPS) is 10.6. The van der Waals surface area contributed by atoms with Crippen LogP contribution >= 0.6 is 0 Å². The first-order valence-electron chi connectivity index (χ1n) is 8.02. The van der Waals surface area contributed by atoms with Gasteiger partial charge in [-0.1, -0.05) is 47.6 Å². The quantitative estimate of drug-likeness (QED) is 0.715. The van der Waals surface area contributed by atoms with Gasteiger partial charge in [0.2, 0.25) is 5.82 Å². The molecule has 0 unspecified atom stereocenters. The molecule has 24 heavy (non-hydrogen) atoms. The van der Waals surface area contributed by atoms with E-state index in [2.05, 4.69) is 10.1 Å². The summed E-state index contributed by atoms with van der Waals surface area (Å²) in [6.07, 6.45) is 0. The lowest BCUT2D eigenvalue weighted by Gasteiger charge is -2.19. The highest BCUT2D eigenvalue weighted by Crippen LogP contribution is 2.26. The Morgan fingerprint density at radius 2 is 1.67 bits per heavy atom. The molecule has 0 bridgehead atoms. The number of carbonyl (C=O) groups is 1. The fraction of sp³-hybridized carbons (Fsp3) is 0.211. The van der Waals surface area contributed by atoms with Gasteiger partial charge in [0.1, 0.15) is 0 Å². The second-order valence-corrected chi connectivity index (χ2v) is 5.31. The van der Waals surface area contributed by atoms with Gasteiger partial charge in [-0.15, -0.1) is 0 Å². The maximum Gasteiger partial charge on any atom is 0.259 e. The van der Waals surface area contributed by atoms with Crippen LogP contribution in [0.1, 0.15) is 24.2 Å². The van der Waals surface area contributed by atoms with Crippen LogP contribution in [0.2, 0.25) is 0 Å². The highest BCUT2D eigenvalue weighted by atomic mass is 16.5. The predicted molar refractivity (Wildman–Crippen MR) is 92.4 cm³/mol. The first-order chi connectivity index (χ1) is 11.7. The third-order valence-corrected chi connectivity index (χ3v) is 3.90. The van der Waals surface area contributed by atoms with Gasteiger partial charge in [0, 0.05) is 18.7 Å². The van der Waals surface area contributed by atoms with E-state index in [-0.39, 0.29) is 5.91 Å². The van der Waals surface area contributed by atoms with E-state index in [1.165, 1.54) is 0 Å². The van der Waals surface area contributed by atoms with Gasteiger partial charge in [0.05, 0.1) is 11.1 Å². The molecule has 122 valence electrons. The van der Waals surface area contributed by atoms with Crippen molar-refractivity contribution < 1.29 is 9.32 Å². The first kappa shape index (κ1) is 15.9. The largest absolute Gasteiger partial charge is 0.339 e. The first-order valence-corrected chi connectivity index (χ1v) is 8.02. The van der Waals surface area contributed by atoms with E-state index in [0.717, 1.165) is 5.56 Å². The summed E-state index contributed by atoms with van der Waals surface area (Å²) in [5, 5.41) is 4.04. The van der Waals surface area contributed by atoms with E-state index < -0.39 is 0 Å². The van der Waals surface area contributed by atoms with Gasteiger partial charge in [0.25, 0.3) is 11.8 Å². The standard InChI is InChI=1S/C19H19N3O2/c1-3-22(4-2)19(23)16-13-9-8-12-15(16)18-20-17(21-24-18)14-10-6-5-7-11-14/h5-13H,3-4H2,1-2H3. The van der Waals surface area contributed by atoms with Crippen LogP contribution in [0.5, 0.6) is 0 Å². The third-order valence-electron chi connectivity index (χ3n) is 3.90. The summed E-state index contributed by atoms with van der Waals surface area (Å²) in [6, 6.07) is 16.9. The van der Waals surface area contributed by atoms with Crippen molar-refractivity contribution in [3.05, 3.63) is 60.2 Å². The maximum absolute atomic E-state index is 12.7. The van der Waals surface area contributed by atoms with Crippen LogP contribution in [0.15, 0.2) is 59.1 Å². The molecule has 0 fully saturated rings. The molecule has 5 heteroatoms. The van der Waals surface area contributed by atoms with Crippen molar-refractivity contribution in [2.45, 2.75) is 13.8 Å². The minimum Gasteiger partial charge on any atom is -0.339 e. The summed E-state index contributed by atoms with van der Waals surface area (Å²) in [7, 11) is 0. The second kappa shape index (κ2) is 7.08. The van der Waals surface area contributed by atoms with Crippen LogP contribution in [-0.2, 0) is 0 Å². The topological polar surface area (TPSA) is 59.2 Å². The van der Waals surface area contributed by atoms with Crippen molar-refractivity contribution in [1.29, 1.82) is 0 Å². The van der Waals surface area contributed by atoms with Crippen LogP contribution in [0.25, 0.3) is 22.8 Å². The minimum atomic E-state index is -0.0324. The van der Waals surface area contributed by atoms with E-state index in [9.17, 15) is 4.79 Å². The van der Waals surface area contributed by atoms with E-state index in [0.29, 0.717) is 35.9 Å². The third kappa shape index (κ3) is 3.06. The van der Waals surface area contributed by atoms with E-state index in [1.54, 1.807) is 11.0 Å². The number of hydrogen-bond donors (Lipinski definition) is 0. The molecule has 1 amide bonds. The van der Waals surface area contributed by atoms with Gasteiger partial charge in [-0.05, 0) is 26.0 Å². The lowest BCUT2D eigenvalue weighted by molar-refractivity contribution is 0.0773. The van der Waals surface area contributed by atoms with E-state index >= 15 is 0 Å². The van der Waals surface area contributed by atoms with Crippen molar-refractivity contribution in [2.24, 2.45) is 0 Å². The number of amides is 1. The average molecular weight is 321 g/mol. The van der Waals surface area contributed by atoms with Crippen LogP contribution in [0.3, 0.4) is 0 Å². The zero-order valence-corrected chi connectivity index (χ0v) is 13.8. The molecule has 0 atom stereocenters. The molecule has 0 aliphatic rings. The molecule has 5 nitrogen and oxygen atoms in total. The van der Waals surface area contributed by atoms with Gasteiger partial charge < -0.3 is 9.42 Å². The lowest BCUT2D eigenvalue weighted by Crippen LogP contribution is -2.30.